The van der Waals surface area contributed by atoms with Gasteiger partial charge in [0.2, 0.25) is 47.3 Å². The molecule has 418 valence electrons. The van der Waals surface area contributed by atoms with Gasteiger partial charge in [-0.3, -0.25) is 38.4 Å². The maximum Gasteiger partial charge on any atom is 0.246 e. The van der Waals surface area contributed by atoms with E-state index in [0.717, 1.165) is 48.3 Å². The average Bonchev–Trinajstić information content (AvgIpc) is 4.14. The molecule has 2 unspecified atom stereocenters. The number of nitrogens with one attached hydrogen (secondary N) is 6. The maximum atomic E-state index is 14.1. The minimum Gasteiger partial charge on any atom is -0.497 e. The summed E-state index contributed by atoms with van der Waals surface area (Å²) < 4.78 is 10.6. The molecule has 4 fully saturated rings. The quantitative estimate of drug-likeness (QED) is 0.0638. The topological polar surface area (TPSA) is 234 Å². The Morgan fingerprint density at radius 3 is 1.20 bits per heavy atom. The van der Waals surface area contributed by atoms with E-state index in [0.29, 0.717) is 88.8 Å². The van der Waals surface area contributed by atoms with Crippen LogP contribution in [0.5, 0.6) is 11.5 Å². The van der Waals surface area contributed by atoms with E-state index >= 15 is 0 Å². The Hall–Kier alpha value is -5.50. The lowest BCUT2D eigenvalue weighted by molar-refractivity contribution is -0.144. The maximum absolute atomic E-state index is 14.1. The number of carbonyl (C=O) groups excluding carboxylic acids is 8. The second kappa shape index (κ2) is 29.9. The Kier molecular flexibility index (Phi) is 23.5. The van der Waals surface area contributed by atoms with Crippen LogP contribution in [0.15, 0.2) is 48.5 Å². The first-order valence-corrected chi connectivity index (χ1v) is 30.1. The molecule has 2 aromatic rings. The monoisotopic (exact) mass is 1090 g/mol. The number of fused-ring (bicyclic) bond motifs is 2. The van der Waals surface area contributed by atoms with Crippen molar-refractivity contribution in [3.63, 3.8) is 0 Å². The first-order chi connectivity index (χ1) is 36.6. The second-order valence-corrected chi connectivity index (χ2v) is 23.5. The number of amides is 8. The van der Waals surface area contributed by atoms with Crippen LogP contribution >= 0.6 is 21.6 Å². The smallest absolute Gasteiger partial charge is 0.246 e. The molecule has 2 aromatic carbocycles. The summed E-state index contributed by atoms with van der Waals surface area (Å²) in [5.74, 6) is -0.368. The number of nitrogens with zero attached hydrogens (tertiary/aromatic N) is 2. The van der Waals surface area contributed by atoms with E-state index in [2.05, 4.69) is 31.9 Å². The normalized spacial score (nSPS) is 25.7. The van der Waals surface area contributed by atoms with Gasteiger partial charge in [0.05, 0.1) is 14.2 Å². The Balaban J connectivity index is 0.986. The number of carbonyl (C=O) groups is 8. The molecule has 4 heterocycles. The third-order valence-electron chi connectivity index (χ3n) is 15.5. The van der Waals surface area contributed by atoms with Crippen molar-refractivity contribution in [2.45, 2.75) is 179 Å². The summed E-state index contributed by atoms with van der Waals surface area (Å²) in [7, 11) is 6.68. The van der Waals surface area contributed by atoms with E-state index in [1.807, 2.05) is 52.0 Å². The van der Waals surface area contributed by atoms with Crippen LogP contribution in [-0.4, -0.2) is 144 Å². The molecule has 76 heavy (non-hydrogen) atoms. The lowest BCUT2D eigenvalue weighted by atomic mass is 9.95. The summed E-state index contributed by atoms with van der Waals surface area (Å²) in [6.07, 6.45) is 9.35. The summed E-state index contributed by atoms with van der Waals surface area (Å²) in [5.41, 5.74) is 1.59. The largest absolute Gasteiger partial charge is 0.497 e. The third-order valence-corrected chi connectivity index (χ3v) is 18.1. The zero-order valence-corrected chi connectivity index (χ0v) is 47.0. The molecule has 0 spiro atoms. The van der Waals surface area contributed by atoms with Crippen LogP contribution < -0.4 is 41.4 Å². The van der Waals surface area contributed by atoms with Gasteiger partial charge in [-0.05, 0) is 98.6 Å². The summed E-state index contributed by atoms with van der Waals surface area (Å²) in [6, 6.07) is 7.62. The molecular formula is C56H82N8O10S2. The zero-order chi connectivity index (χ0) is 54.7. The zero-order valence-electron chi connectivity index (χ0n) is 45.3. The number of unbranched alkanes of at least 4 members (excludes halogenated alkanes) is 4. The third kappa shape index (κ3) is 16.5. The molecule has 6 rings (SSSR count). The molecule has 0 aromatic heterocycles. The number of rotatable bonds is 23. The number of benzene rings is 2. The molecule has 20 heteroatoms. The first-order valence-electron chi connectivity index (χ1n) is 27.6. The number of ether oxygens (including phenoxy) is 2. The molecule has 0 bridgehead atoms. The van der Waals surface area contributed by atoms with Crippen LogP contribution in [0.1, 0.15) is 129 Å². The van der Waals surface area contributed by atoms with Crippen molar-refractivity contribution in [3.05, 3.63) is 59.7 Å². The summed E-state index contributed by atoms with van der Waals surface area (Å²) in [6.45, 7) is 8.52. The molecule has 4 saturated heterocycles. The lowest BCUT2D eigenvalue weighted by Gasteiger charge is -2.34. The van der Waals surface area contributed by atoms with Crippen LogP contribution in [0.3, 0.4) is 0 Å². The highest BCUT2D eigenvalue weighted by Crippen LogP contribution is 2.27. The fraction of sp³-hybridized carbons (Fsp3) is 0.643. The van der Waals surface area contributed by atoms with E-state index in [1.165, 1.54) is 0 Å². The van der Waals surface area contributed by atoms with Gasteiger partial charge in [0.1, 0.15) is 59.8 Å². The number of methoxy groups -OCH3 is 2. The Morgan fingerprint density at radius 2 is 0.842 bits per heavy atom. The Labute approximate surface area is 457 Å². The van der Waals surface area contributed by atoms with Crippen molar-refractivity contribution in [1.29, 1.82) is 0 Å². The van der Waals surface area contributed by atoms with Crippen LogP contribution in [0.25, 0.3) is 0 Å². The van der Waals surface area contributed by atoms with Gasteiger partial charge in [-0.1, -0.05) is 112 Å². The summed E-state index contributed by atoms with van der Waals surface area (Å²) in [4.78, 5) is 115. The molecule has 0 saturated carbocycles. The van der Waals surface area contributed by atoms with E-state index in [4.69, 9.17) is 9.47 Å². The van der Waals surface area contributed by atoms with Crippen LogP contribution in [-0.2, 0) is 51.2 Å². The summed E-state index contributed by atoms with van der Waals surface area (Å²) in [5, 5.41) is 17.8. The van der Waals surface area contributed by atoms with E-state index < -0.39 is 72.0 Å². The number of hydrogen-bond donors (Lipinski definition) is 6. The van der Waals surface area contributed by atoms with Gasteiger partial charge in [-0.2, -0.15) is 0 Å². The van der Waals surface area contributed by atoms with Gasteiger partial charge >= 0.3 is 0 Å². The molecule has 10 atom stereocenters. The highest BCUT2D eigenvalue weighted by Gasteiger charge is 2.44. The van der Waals surface area contributed by atoms with Crippen molar-refractivity contribution in [1.82, 2.24) is 41.7 Å². The van der Waals surface area contributed by atoms with Gasteiger partial charge in [0.15, 0.2) is 0 Å². The highest BCUT2D eigenvalue weighted by atomic mass is 33.1. The van der Waals surface area contributed by atoms with Gasteiger partial charge in [0, 0.05) is 37.4 Å². The predicted octanol–water partition coefficient (Wildman–Crippen LogP) is 5.00. The van der Waals surface area contributed by atoms with E-state index in [9.17, 15) is 38.4 Å². The van der Waals surface area contributed by atoms with Crippen molar-refractivity contribution in [2.24, 2.45) is 11.8 Å². The summed E-state index contributed by atoms with van der Waals surface area (Å²) >= 11 is 0. The van der Waals surface area contributed by atoms with Crippen molar-refractivity contribution < 1.29 is 47.8 Å². The predicted molar refractivity (Wildman–Crippen MR) is 295 cm³/mol. The first kappa shape index (κ1) is 59.7. The minimum absolute atomic E-state index is 0.178. The molecule has 6 N–H and O–H groups in total. The fourth-order valence-electron chi connectivity index (χ4n) is 10.4. The molecular weight excluding hydrogens is 1010 g/mol. The van der Waals surface area contributed by atoms with Gasteiger partial charge in [0.25, 0.3) is 0 Å². The van der Waals surface area contributed by atoms with Crippen molar-refractivity contribution in [2.75, 3.05) is 38.8 Å². The molecule has 4 aliphatic rings. The average molecular weight is 1090 g/mol. The van der Waals surface area contributed by atoms with Crippen LogP contribution in [0, 0.1) is 11.8 Å². The lowest BCUT2D eigenvalue weighted by Crippen LogP contribution is -2.62. The number of hydrogen-bond acceptors (Lipinski definition) is 12. The molecule has 0 aliphatic carbocycles. The van der Waals surface area contributed by atoms with E-state index in [-0.39, 0.29) is 48.3 Å². The van der Waals surface area contributed by atoms with Crippen molar-refractivity contribution >= 4 is 68.8 Å². The van der Waals surface area contributed by atoms with Gasteiger partial charge in [-0.15, -0.1) is 0 Å². The molecule has 8 amide bonds. The van der Waals surface area contributed by atoms with Gasteiger partial charge < -0.3 is 51.2 Å². The molecule has 18 nitrogen and oxygen atoms in total. The van der Waals surface area contributed by atoms with Crippen molar-refractivity contribution in [3.8, 4) is 11.5 Å². The van der Waals surface area contributed by atoms with E-state index in [1.54, 1.807) is 69.9 Å². The Bertz CT molecular complexity index is 2130. The SMILES string of the molecule is CCC(C)[C@H]1NC(=O)[C@@H](Cc2ccc(OC)cc2)NC(=O)[C@H](CCCCCSSCCCCC[C@@H]2NC(=O)[C@H]3CCCN3C(=O)[C@@H](C(C)CC)NC(=O)[C@@H](Cc3ccc(OC)cc3)NC2=O)NC(=O)[C@H]2CCCN2C1=O. The minimum atomic E-state index is -0.991. The van der Waals surface area contributed by atoms with Crippen LogP contribution in [0.4, 0.5) is 0 Å². The Morgan fingerprint density at radius 1 is 0.487 bits per heavy atom. The molecule has 4 aliphatic heterocycles. The van der Waals surface area contributed by atoms with Gasteiger partial charge in [-0.25, -0.2) is 0 Å². The standard InChI is InChI=1S/C56H82N8O10S2/c1-7-35(3)47-55(71)63-29-15-19-45(63)53(69)57-41(49(65)59-43(51(67)61-47)33-37-21-25-39(73-5)26-22-37)17-11-9-13-31-75-76-32-14-10-12-18-42-50(66)60-44(34-38-23-27-40(74-6)28-24-38)52(68)62-48(36(4)8-2)56(72)64-30-16-20-46(64)54(70)58-42/h21-28,35-36,41-48H,7-20,29-34H2,1-6H3,(H,57,69)(H,58,70)(H,59,65)(H,60,66)(H,61,67)(H,62,68)/t35?,36?,41-,42-,43+,44+,45+,46+,47+,48+/m0/s1. The fourth-order valence-corrected chi connectivity index (χ4v) is 12.7. The highest BCUT2D eigenvalue weighted by molar-refractivity contribution is 8.76. The second-order valence-electron chi connectivity index (χ2n) is 20.8. The molecule has 0 radical (unpaired) electrons. The van der Waals surface area contributed by atoms with Crippen LogP contribution in [0.2, 0.25) is 0 Å².